The molecule has 0 bridgehead atoms. The van der Waals surface area contributed by atoms with Gasteiger partial charge in [0.2, 0.25) is 17.7 Å². The third-order valence-electron chi connectivity index (χ3n) is 4.17. The number of hydrogen-bond donors (Lipinski definition) is 1. The number of halogens is 1. The maximum Gasteiger partial charge on any atom is 0.249 e. The number of nitrogens with zero attached hydrogens (tertiary/aromatic N) is 3. The molecule has 1 saturated heterocycles. The van der Waals surface area contributed by atoms with Gasteiger partial charge in [-0.3, -0.25) is 24.2 Å². The van der Waals surface area contributed by atoms with Gasteiger partial charge in [-0.05, 0) is 12.1 Å². The molecule has 3 amide bonds. The van der Waals surface area contributed by atoms with E-state index in [1.807, 2.05) is 26.2 Å². The second kappa shape index (κ2) is 7.69. The summed E-state index contributed by atoms with van der Waals surface area (Å²) in [5.74, 6) is -0.909. The van der Waals surface area contributed by atoms with Crippen molar-refractivity contribution in [1.29, 1.82) is 0 Å². The normalized spacial score (nSPS) is 14.7. The molecule has 1 fully saturated rings. The summed E-state index contributed by atoms with van der Waals surface area (Å²) in [5.41, 5.74) is 0.650. The van der Waals surface area contributed by atoms with Gasteiger partial charge in [-0.2, -0.15) is 0 Å². The second-order valence-electron chi connectivity index (χ2n) is 6.46. The molecule has 1 aliphatic heterocycles. The van der Waals surface area contributed by atoms with Crippen molar-refractivity contribution in [2.75, 3.05) is 38.6 Å². The molecular weight excluding hydrogens is 376 g/mol. The summed E-state index contributed by atoms with van der Waals surface area (Å²) in [7, 11) is 3.98. The van der Waals surface area contributed by atoms with E-state index in [0.717, 1.165) is 9.60 Å². The maximum atomic E-state index is 12.9. The number of aromatic nitrogens is 1. The van der Waals surface area contributed by atoms with E-state index in [1.165, 1.54) is 16.2 Å². The van der Waals surface area contributed by atoms with Gasteiger partial charge in [-0.25, -0.2) is 4.98 Å². The van der Waals surface area contributed by atoms with Crippen LogP contribution in [-0.2, 0) is 14.4 Å². The summed E-state index contributed by atoms with van der Waals surface area (Å²) >= 11 is 7.57. The van der Waals surface area contributed by atoms with Crippen LogP contribution in [0.2, 0.25) is 5.02 Å². The van der Waals surface area contributed by atoms with Crippen LogP contribution in [0.25, 0.3) is 10.2 Å². The van der Waals surface area contributed by atoms with Crippen LogP contribution in [0.5, 0.6) is 0 Å². The number of rotatable bonds is 6. The standard InChI is InChI=1S/C17H19ClN4O3S/c1-20(2)8-9-21(15(25)10-22-13(23)6-7-14(22)24)17-19-16-11(18)4-3-5-12(16)26-17/h3-5H,6-10H2,1-2H3/p+1. The number of likely N-dealkylation sites (N-methyl/N-ethyl adjacent to an activating group) is 1. The van der Waals surface area contributed by atoms with E-state index in [2.05, 4.69) is 4.98 Å². The number of benzene rings is 1. The summed E-state index contributed by atoms with van der Waals surface area (Å²) < 4.78 is 0.885. The molecule has 1 aliphatic rings. The van der Waals surface area contributed by atoms with Crippen LogP contribution >= 0.6 is 22.9 Å². The number of anilines is 1. The Bertz CT molecular complexity index is 851. The molecule has 1 N–H and O–H groups in total. The minimum atomic E-state index is -0.315. The van der Waals surface area contributed by atoms with E-state index in [1.54, 1.807) is 11.0 Å². The minimum absolute atomic E-state index is 0.171. The summed E-state index contributed by atoms with van der Waals surface area (Å²) in [5, 5.41) is 1.05. The van der Waals surface area contributed by atoms with Crippen molar-refractivity contribution >= 4 is 56.0 Å². The molecule has 7 nitrogen and oxygen atoms in total. The zero-order valence-corrected chi connectivity index (χ0v) is 16.2. The Hall–Kier alpha value is -2.03. The molecule has 9 heteroatoms. The molecule has 1 aromatic carbocycles. The highest BCUT2D eigenvalue weighted by Gasteiger charge is 2.33. The number of nitrogens with one attached hydrogen (secondary N) is 1. The van der Waals surface area contributed by atoms with Crippen LogP contribution in [0, 0.1) is 0 Å². The molecule has 0 unspecified atom stereocenters. The van der Waals surface area contributed by atoms with Gasteiger partial charge < -0.3 is 4.90 Å². The van der Waals surface area contributed by atoms with Crippen LogP contribution in [0.3, 0.4) is 0 Å². The van der Waals surface area contributed by atoms with E-state index in [0.29, 0.717) is 28.8 Å². The molecule has 0 spiro atoms. The number of hydrogen-bond acceptors (Lipinski definition) is 5. The molecule has 2 aromatic rings. The number of quaternary nitrogens is 1. The molecule has 0 saturated carbocycles. The number of carbonyl (C=O) groups excluding carboxylic acids is 3. The topological polar surface area (TPSA) is 75.0 Å². The highest BCUT2D eigenvalue weighted by molar-refractivity contribution is 7.22. The maximum absolute atomic E-state index is 12.9. The first-order valence-corrected chi connectivity index (χ1v) is 9.54. The monoisotopic (exact) mass is 395 g/mol. The van der Waals surface area contributed by atoms with Crippen molar-refractivity contribution in [3.63, 3.8) is 0 Å². The lowest BCUT2D eigenvalue weighted by Crippen LogP contribution is -3.06. The Balaban J connectivity index is 1.88. The van der Waals surface area contributed by atoms with Crippen LogP contribution in [0.1, 0.15) is 12.8 Å². The lowest BCUT2D eigenvalue weighted by molar-refractivity contribution is -0.856. The summed E-state index contributed by atoms with van der Waals surface area (Å²) in [6.45, 7) is 0.899. The summed E-state index contributed by atoms with van der Waals surface area (Å²) in [6.07, 6.45) is 0.343. The van der Waals surface area contributed by atoms with Crippen LogP contribution < -0.4 is 9.80 Å². The first kappa shape index (κ1) is 18.8. The van der Waals surface area contributed by atoms with E-state index >= 15 is 0 Å². The molecule has 0 aliphatic carbocycles. The Morgan fingerprint density at radius 1 is 1.31 bits per heavy atom. The average molecular weight is 396 g/mol. The van der Waals surface area contributed by atoms with Gasteiger partial charge >= 0.3 is 0 Å². The van der Waals surface area contributed by atoms with E-state index in [-0.39, 0.29) is 37.1 Å². The molecule has 26 heavy (non-hydrogen) atoms. The van der Waals surface area contributed by atoms with Gasteiger partial charge in [-0.15, -0.1) is 0 Å². The highest BCUT2D eigenvalue weighted by atomic mass is 35.5. The summed E-state index contributed by atoms with van der Waals surface area (Å²) in [6, 6.07) is 5.49. The van der Waals surface area contributed by atoms with Crippen molar-refractivity contribution in [3.8, 4) is 0 Å². The number of carbonyl (C=O) groups is 3. The number of likely N-dealkylation sites (tertiary alicyclic amines) is 1. The fourth-order valence-electron chi connectivity index (χ4n) is 2.70. The molecule has 0 atom stereocenters. The van der Waals surface area contributed by atoms with Gasteiger partial charge in [0.05, 0.1) is 36.9 Å². The predicted molar refractivity (Wildman–Crippen MR) is 101 cm³/mol. The van der Waals surface area contributed by atoms with Crippen molar-refractivity contribution in [1.82, 2.24) is 9.88 Å². The van der Waals surface area contributed by atoms with Crippen LogP contribution in [0.4, 0.5) is 5.13 Å². The fraction of sp³-hybridized carbons (Fsp3) is 0.412. The van der Waals surface area contributed by atoms with E-state index in [4.69, 9.17) is 11.6 Å². The molecule has 0 radical (unpaired) electrons. The zero-order valence-electron chi connectivity index (χ0n) is 14.6. The number of imide groups is 1. The Labute approximate surface area is 160 Å². The molecule has 3 rings (SSSR count). The van der Waals surface area contributed by atoms with Gasteiger partial charge in [0.15, 0.2) is 5.13 Å². The molecule has 1 aromatic heterocycles. The molecular formula is C17H20ClN4O3S+. The smallest absolute Gasteiger partial charge is 0.249 e. The number of fused-ring (bicyclic) bond motifs is 1. The first-order chi connectivity index (χ1) is 12.4. The quantitative estimate of drug-likeness (QED) is 0.726. The Morgan fingerprint density at radius 2 is 2.00 bits per heavy atom. The van der Waals surface area contributed by atoms with Crippen molar-refractivity contribution in [2.24, 2.45) is 0 Å². The van der Waals surface area contributed by atoms with Gasteiger partial charge in [0, 0.05) is 12.8 Å². The number of thiazole rings is 1. The molecule has 2 heterocycles. The fourth-order valence-corrected chi connectivity index (χ4v) is 4.01. The van der Waals surface area contributed by atoms with E-state index in [9.17, 15) is 14.4 Å². The zero-order chi connectivity index (χ0) is 18.8. The van der Waals surface area contributed by atoms with Gasteiger partial charge in [0.1, 0.15) is 12.1 Å². The number of amides is 3. The number of para-hydroxylation sites is 1. The lowest BCUT2D eigenvalue weighted by Gasteiger charge is -2.23. The summed E-state index contributed by atoms with van der Waals surface area (Å²) in [4.78, 5) is 44.8. The minimum Gasteiger partial charge on any atom is -0.338 e. The molecule has 138 valence electrons. The van der Waals surface area contributed by atoms with Crippen LogP contribution in [-0.4, -0.2) is 61.3 Å². The van der Waals surface area contributed by atoms with Gasteiger partial charge in [-0.1, -0.05) is 29.0 Å². The largest absolute Gasteiger partial charge is 0.338 e. The Morgan fingerprint density at radius 3 is 2.62 bits per heavy atom. The SMILES string of the molecule is C[NH+](C)CCN(C(=O)CN1C(=O)CCC1=O)c1nc2c(Cl)cccc2s1. The first-order valence-electron chi connectivity index (χ1n) is 8.34. The predicted octanol–water partition coefficient (Wildman–Crippen LogP) is 0.576. The Kier molecular flexibility index (Phi) is 5.55. The lowest BCUT2D eigenvalue weighted by atomic mass is 10.3. The third-order valence-corrected chi connectivity index (χ3v) is 5.52. The van der Waals surface area contributed by atoms with Gasteiger partial charge in [0.25, 0.3) is 0 Å². The van der Waals surface area contributed by atoms with E-state index < -0.39 is 0 Å². The van der Waals surface area contributed by atoms with Crippen LogP contribution in [0.15, 0.2) is 18.2 Å². The second-order valence-corrected chi connectivity index (χ2v) is 7.88. The van der Waals surface area contributed by atoms with Crippen molar-refractivity contribution in [3.05, 3.63) is 23.2 Å². The highest BCUT2D eigenvalue weighted by Crippen LogP contribution is 2.32. The van der Waals surface area contributed by atoms with Crippen molar-refractivity contribution in [2.45, 2.75) is 12.8 Å². The average Bonchev–Trinajstić information content (AvgIpc) is 3.14. The van der Waals surface area contributed by atoms with Crippen molar-refractivity contribution < 1.29 is 19.3 Å². The third kappa shape index (κ3) is 3.87.